The van der Waals surface area contributed by atoms with Gasteiger partial charge in [-0.15, -0.1) is 0 Å². The quantitative estimate of drug-likeness (QED) is 0.271. The Morgan fingerprint density at radius 1 is 0.794 bits per heavy atom. The minimum absolute atomic E-state index is 0.140. The summed E-state index contributed by atoms with van der Waals surface area (Å²) in [5.74, 6) is 0. The van der Waals surface area contributed by atoms with Crippen molar-refractivity contribution >= 4 is 65.8 Å². The van der Waals surface area contributed by atoms with E-state index in [1.54, 1.807) is 33.9 Å². The first-order valence-electron chi connectivity index (χ1n) is 11.0. The van der Waals surface area contributed by atoms with Crippen molar-refractivity contribution in [1.29, 1.82) is 0 Å². The van der Waals surface area contributed by atoms with Crippen molar-refractivity contribution in [2.45, 2.75) is 103 Å². The normalized spacial score (nSPS) is 15.8. The van der Waals surface area contributed by atoms with Gasteiger partial charge in [0, 0.05) is 6.42 Å². The molecule has 0 bridgehead atoms. The molecule has 0 aliphatic heterocycles. The van der Waals surface area contributed by atoms with Crippen LogP contribution in [-0.2, 0) is 30.5 Å². The molecule has 0 aromatic rings. The van der Waals surface area contributed by atoms with Crippen LogP contribution in [0, 0.1) is 0 Å². The highest BCUT2D eigenvalue weighted by molar-refractivity contribution is 7.59. The van der Waals surface area contributed by atoms with Gasteiger partial charge in [-0.3, -0.25) is 0 Å². The predicted octanol–water partition coefficient (Wildman–Crippen LogP) is 3.79. The van der Waals surface area contributed by atoms with Crippen LogP contribution < -0.4 is 0 Å². The molecule has 0 aromatic heterocycles. The first-order valence-corrected chi connectivity index (χ1v) is 32.2. The molecule has 0 radical (unpaired) electrons. The van der Waals surface area contributed by atoms with Crippen LogP contribution in [0.5, 0.6) is 0 Å². The zero-order chi connectivity index (χ0) is 27.6. The highest BCUT2D eigenvalue weighted by Gasteiger charge is 2.53. The Morgan fingerprint density at radius 3 is 1.65 bits per heavy atom. The van der Waals surface area contributed by atoms with Gasteiger partial charge in [-0.1, -0.05) is 26.6 Å². The predicted molar refractivity (Wildman–Crippen MR) is 139 cm³/mol. The summed E-state index contributed by atoms with van der Waals surface area (Å²) in [7, 11) is -21.7. The molecular formula is C16H39F3O7Si8. The van der Waals surface area contributed by atoms with Gasteiger partial charge in [-0.2, -0.15) is 13.2 Å². The van der Waals surface area contributed by atoms with Crippen LogP contribution in [0.25, 0.3) is 0 Å². The van der Waals surface area contributed by atoms with Gasteiger partial charge in [0.1, 0.15) is 0 Å². The van der Waals surface area contributed by atoms with E-state index in [-0.39, 0.29) is 6.42 Å². The summed E-state index contributed by atoms with van der Waals surface area (Å²) >= 11 is 0. The van der Waals surface area contributed by atoms with Crippen molar-refractivity contribution < 1.29 is 43.7 Å². The maximum Gasteiger partial charge on any atom is 0.533 e. The lowest BCUT2D eigenvalue weighted by atomic mass is 9.87. The second-order valence-corrected chi connectivity index (χ2v) is 45.4. The third-order valence-corrected chi connectivity index (χ3v) is 43.8. The second-order valence-electron chi connectivity index (χ2n) is 11.6. The summed E-state index contributed by atoms with van der Waals surface area (Å²) in [4.78, 5) is 0. The zero-order valence-electron chi connectivity index (χ0n) is 22.1. The molecule has 1 atom stereocenters. The molecule has 0 amide bonds. The highest BCUT2D eigenvalue weighted by Crippen LogP contribution is 2.53. The van der Waals surface area contributed by atoms with Crippen LogP contribution in [0.1, 0.15) is 33.6 Å². The lowest BCUT2D eigenvalue weighted by Crippen LogP contribution is -2.55. The molecule has 18 heteroatoms. The van der Waals surface area contributed by atoms with Gasteiger partial charge >= 0.3 is 46.3 Å². The summed E-state index contributed by atoms with van der Waals surface area (Å²) in [6.45, 7) is 20.1. The van der Waals surface area contributed by atoms with E-state index in [1.807, 2.05) is 39.3 Å². The number of hydrogen-bond acceptors (Lipinski definition) is 7. The highest BCUT2D eigenvalue weighted by atomic mass is 29.9. The lowest BCUT2D eigenvalue weighted by Gasteiger charge is -2.52. The molecule has 7 nitrogen and oxygen atoms in total. The topological polar surface area (TPSA) is 96.0 Å². The van der Waals surface area contributed by atoms with Gasteiger partial charge in [0.15, 0.2) is 8.32 Å². The van der Waals surface area contributed by atoms with Crippen LogP contribution in [0.3, 0.4) is 0 Å². The molecule has 0 saturated carbocycles. The van der Waals surface area contributed by atoms with Crippen molar-refractivity contribution in [3.63, 3.8) is 0 Å². The van der Waals surface area contributed by atoms with E-state index in [4.69, 9.17) is 12.7 Å². The van der Waals surface area contributed by atoms with E-state index in [1.165, 1.54) is 0 Å². The van der Waals surface area contributed by atoms with Crippen molar-refractivity contribution in [1.82, 2.24) is 0 Å². The molecule has 0 saturated heterocycles. The third kappa shape index (κ3) is 10.8. The molecule has 0 fully saturated rings. The van der Waals surface area contributed by atoms with Crippen LogP contribution in [0.15, 0.2) is 0 Å². The first kappa shape index (κ1) is 34.4. The maximum atomic E-state index is 13.0. The molecule has 1 unspecified atom stereocenters. The Hall–Kier alpha value is 0.445. The van der Waals surface area contributed by atoms with E-state index in [0.29, 0.717) is 0 Å². The minimum atomic E-state index is -4.31. The lowest BCUT2D eigenvalue weighted by molar-refractivity contribution is -0.139. The van der Waals surface area contributed by atoms with Gasteiger partial charge in [0.2, 0.25) is 9.28 Å². The Kier molecular flexibility index (Phi) is 12.0. The third-order valence-electron chi connectivity index (χ3n) is 5.99. The molecule has 0 rings (SSSR count). The van der Waals surface area contributed by atoms with Gasteiger partial charge in [-0.25, -0.2) is 0 Å². The summed E-state index contributed by atoms with van der Waals surface area (Å²) in [6, 6.07) is 0. The summed E-state index contributed by atoms with van der Waals surface area (Å²) in [6.07, 6.45) is -5.41. The SMILES string of the molecule is CC(C)(O[SiH2][Si](=O)[Si](=O)[Si](=O)[Si](=O)O[Si](C)(C)O[Si](C)(C)C)C(C)(CCC(F)(F)F)[Si](C)(C)C. The summed E-state index contributed by atoms with van der Waals surface area (Å²) in [5.41, 5.74) is -1.05. The zero-order valence-corrected chi connectivity index (χ0v) is 30.5. The van der Waals surface area contributed by atoms with Crippen molar-refractivity contribution in [2.24, 2.45) is 0 Å². The Labute approximate surface area is 211 Å². The van der Waals surface area contributed by atoms with Crippen molar-refractivity contribution in [2.75, 3.05) is 0 Å². The molecule has 0 aliphatic carbocycles. The average Bonchev–Trinajstić information content (AvgIpc) is 2.58. The molecule has 0 heterocycles. The van der Waals surface area contributed by atoms with Crippen LogP contribution in [-0.4, -0.2) is 77.6 Å². The van der Waals surface area contributed by atoms with E-state index in [0.717, 1.165) is 0 Å². The minimum Gasteiger partial charge on any atom is -0.558 e. The van der Waals surface area contributed by atoms with Gasteiger partial charge < -0.3 is 30.5 Å². The fraction of sp³-hybridized carbons (Fsp3) is 1.00. The van der Waals surface area contributed by atoms with Gasteiger partial charge in [-0.05, 0) is 58.0 Å². The number of alkyl halides is 3. The molecule has 34 heavy (non-hydrogen) atoms. The first-order chi connectivity index (χ1) is 14.7. The molecule has 198 valence electrons. The smallest absolute Gasteiger partial charge is 0.533 e. The Bertz CT molecular complexity index is 806. The van der Waals surface area contributed by atoms with E-state index < -0.39 is 89.1 Å². The number of halogens is 3. The number of hydrogen-bond donors (Lipinski definition) is 0. The van der Waals surface area contributed by atoms with Gasteiger partial charge in [0.25, 0.3) is 0 Å². The average molecular weight is 625 g/mol. The molecule has 0 N–H and O–H groups in total. The molecule has 0 spiro atoms. The summed E-state index contributed by atoms with van der Waals surface area (Å²) in [5, 5.41) is -0.813. The fourth-order valence-electron chi connectivity index (χ4n) is 3.69. The Balaban J connectivity index is 5.39. The van der Waals surface area contributed by atoms with E-state index >= 15 is 0 Å². The largest absolute Gasteiger partial charge is 0.558 e. The summed E-state index contributed by atoms with van der Waals surface area (Å²) < 4.78 is 107. The van der Waals surface area contributed by atoms with Crippen LogP contribution >= 0.6 is 0 Å². The van der Waals surface area contributed by atoms with Crippen molar-refractivity contribution in [3.8, 4) is 0 Å². The molecular weight excluding hydrogens is 586 g/mol. The van der Waals surface area contributed by atoms with Crippen LogP contribution in [0.4, 0.5) is 13.2 Å². The second kappa shape index (κ2) is 11.9. The maximum absolute atomic E-state index is 13.0. The molecule has 0 aromatic carbocycles. The van der Waals surface area contributed by atoms with E-state index in [9.17, 15) is 31.0 Å². The Morgan fingerprint density at radius 2 is 1.26 bits per heavy atom. The van der Waals surface area contributed by atoms with Crippen molar-refractivity contribution in [3.05, 3.63) is 0 Å². The number of rotatable bonds is 14. The van der Waals surface area contributed by atoms with Crippen LogP contribution in [0.2, 0.25) is 57.4 Å². The molecule has 0 aliphatic rings. The van der Waals surface area contributed by atoms with Gasteiger partial charge in [0.05, 0.1) is 13.7 Å². The monoisotopic (exact) mass is 624 g/mol. The standard InChI is InChI=1S/C16H39F3O7Si8/c1-14(2,15(3,32(4,5)6)12-13-16(17,18)19)24-27-29(21)31(23)30(22)28(20)25-34(10,11)26-33(7,8)9/h12-13,27H2,1-11H3. The fourth-order valence-corrected chi connectivity index (χ4v) is 47.5. The van der Waals surface area contributed by atoms with E-state index in [2.05, 4.69) is 0 Å².